The summed E-state index contributed by atoms with van der Waals surface area (Å²) in [7, 11) is 0. The lowest BCUT2D eigenvalue weighted by Crippen LogP contribution is -2.50. The number of nitrogens with zero attached hydrogens (tertiary/aromatic N) is 2. The Balaban J connectivity index is 1.79. The van der Waals surface area contributed by atoms with Gasteiger partial charge in [-0.1, -0.05) is 30.3 Å². The molecule has 0 aliphatic carbocycles. The van der Waals surface area contributed by atoms with Crippen LogP contribution in [-0.4, -0.2) is 43.4 Å². The lowest BCUT2D eigenvalue weighted by molar-refractivity contribution is -0.0465. The zero-order valence-electron chi connectivity index (χ0n) is 14.6. The van der Waals surface area contributed by atoms with Crippen LogP contribution in [0, 0.1) is 5.82 Å². The minimum Gasteiger partial charge on any atom is -0.394 e. The van der Waals surface area contributed by atoms with E-state index < -0.39 is 42.1 Å². The van der Waals surface area contributed by atoms with Crippen molar-refractivity contribution >= 4 is 17.3 Å². The van der Waals surface area contributed by atoms with Crippen LogP contribution in [-0.2, 0) is 11.3 Å². The molecule has 9 nitrogen and oxygen atoms in total. The molecule has 3 atom stereocenters. The van der Waals surface area contributed by atoms with E-state index in [2.05, 4.69) is 10.7 Å². The van der Waals surface area contributed by atoms with Gasteiger partial charge in [-0.25, -0.2) is 4.79 Å². The zero-order valence-corrected chi connectivity index (χ0v) is 15.4. The zero-order chi connectivity index (χ0) is 20.3. The molecular weight excluding hydrogens is 391 g/mol. The maximum atomic E-state index is 14.1. The summed E-state index contributed by atoms with van der Waals surface area (Å²) in [4.78, 5) is 24.7. The molecule has 11 heteroatoms. The van der Waals surface area contributed by atoms with Gasteiger partial charge in [0.1, 0.15) is 12.3 Å². The van der Waals surface area contributed by atoms with E-state index in [0.29, 0.717) is 17.4 Å². The number of aliphatic hydroxyl groups excluding tert-OH is 2. The fraction of sp³-hybridized carbons (Fsp3) is 0.353. The number of nitrogens with one attached hydrogen (secondary N) is 2. The highest BCUT2D eigenvalue weighted by Gasteiger charge is 2.35. The Morgan fingerprint density at radius 3 is 2.68 bits per heavy atom. The molecule has 0 saturated carbocycles. The van der Waals surface area contributed by atoms with E-state index in [9.17, 15) is 19.1 Å². The first-order valence-electron chi connectivity index (χ1n) is 8.47. The van der Waals surface area contributed by atoms with Crippen molar-refractivity contribution < 1.29 is 19.3 Å². The molecule has 0 amide bonds. The predicted octanol–water partition coefficient (Wildman–Crippen LogP) is -0.592. The standard InChI is InChI=1S/C17H19FN4O5S/c18-11-8-21(14-6-12(24)13(9-23)27-14)17(26)22(15(11)25)20-16(28)19-7-10-4-2-1-3-5-10/h1-5,8,12-14,23-24H,6-7,9H2,(H2,19,20,28)/t12-,13+,14+/m0/s1. The fourth-order valence-electron chi connectivity index (χ4n) is 2.82. The van der Waals surface area contributed by atoms with Gasteiger partial charge in [0.25, 0.3) is 0 Å². The summed E-state index contributed by atoms with van der Waals surface area (Å²) >= 11 is 5.08. The number of thiocarbonyl (C=S) groups is 1. The van der Waals surface area contributed by atoms with Gasteiger partial charge in [0.05, 0.1) is 18.9 Å². The third kappa shape index (κ3) is 4.28. The van der Waals surface area contributed by atoms with E-state index in [-0.39, 0.29) is 11.5 Å². The second-order valence-electron chi connectivity index (χ2n) is 6.20. The van der Waals surface area contributed by atoms with Crippen molar-refractivity contribution in [3.8, 4) is 0 Å². The molecular formula is C17H19FN4O5S. The van der Waals surface area contributed by atoms with Crippen LogP contribution in [0.5, 0.6) is 0 Å². The van der Waals surface area contributed by atoms with E-state index >= 15 is 0 Å². The molecule has 150 valence electrons. The van der Waals surface area contributed by atoms with Crippen molar-refractivity contribution in [3.63, 3.8) is 0 Å². The molecule has 28 heavy (non-hydrogen) atoms. The topological polar surface area (TPSA) is 118 Å². The summed E-state index contributed by atoms with van der Waals surface area (Å²) in [6, 6.07) is 9.27. The van der Waals surface area contributed by atoms with E-state index in [1.165, 1.54) is 0 Å². The summed E-state index contributed by atoms with van der Waals surface area (Å²) in [6.07, 6.45) is -2.29. The highest BCUT2D eigenvalue weighted by molar-refractivity contribution is 7.80. The maximum absolute atomic E-state index is 14.1. The Hall–Kier alpha value is -2.60. The van der Waals surface area contributed by atoms with Crippen molar-refractivity contribution in [2.75, 3.05) is 12.0 Å². The van der Waals surface area contributed by atoms with Crippen molar-refractivity contribution in [2.24, 2.45) is 0 Å². The van der Waals surface area contributed by atoms with E-state index in [1.54, 1.807) is 0 Å². The van der Waals surface area contributed by atoms with Gasteiger partial charge in [-0.15, -0.1) is 0 Å². The molecule has 3 rings (SSSR count). The van der Waals surface area contributed by atoms with Gasteiger partial charge in [-0.3, -0.25) is 14.8 Å². The van der Waals surface area contributed by atoms with Gasteiger partial charge in [0.15, 0.2) is 5.11 Å². The Labute approximate surface area is 164 Å². The molecule has 0 bridgehead atoms. The number of hydrogen-bond acceptors (Lipinski definition) is 6. The number of ether oxygens (including phenoxy) is 1. The second kappa shape index (κ2) is 8.61. The van der Waals surface area contributed by atoms with Crippen molar-refractivity contribution in [1.29, 1.82) is 0 Å². The van der Waals surface area contributed by atoms with Crippen molar-refractivity contribution in [1.82, 2.24) is 14.6 Å². The normalized spacial score (nSPS) is 21.5. The van der Waals surface area contributed by atoms with Gasteiger partial charge < -0.3 is 20.3 Å². The van der Waals surface area contributed by atoms with Gasteiger partial charge in [-0.05, 0) is 17.8 Å². The van der Waals surface area contributed by atoms with Crippen LogP contribution in [0.3, 0.4) is 0 Å². The smallest absolute Gasteiger partial charge is 0.352 e. The van der Waals surface area contributed by atoms with Crippen LogP contribution in [0.1, 0.15) is 18.2 Å². The number of aromatic nitrogens is 2. The van der Waals surface area contributed by atoms with Crippen LogP contribution in [0.2, 0.25) is 0 Å². The molecule has 1 aromatic carbocycles. The molecule has 0 spiro atoms. The largest absolute Gasteiger partial charge is 0.394 e. The monoisotopic (exact) mass is 410 g/mol. The van der Waals surface area contributed by atoms with Gasteiger partial charge in [-0.2, -0.15) is 9.07 Å². The van der Waals surface area contributed by atoms with Gasteiger partial charge in [0, 0.05) is 13.0 Å². The summed E-state index contributed by atoms with van der Waals surface area (Å²) in [5, 5.41) is 21.7. The summed E-state index contributed by atoms with van der Waals surface area (Å²) in [6.45, 7) is -0.124. The molecule has 2 heterocycles. The minimum absolute atomic E-state index is 0.0422. The molecule has 1 aliphatic heterocycles. The second-order valence-corrected chi connectivity index (χ2v) is 6.61. The lowest BCUT2D eigenvalue weighted by atomic mass is 10.2. The molecule has 1 aliphatic rings. The average Bonchev–Trinajstić information content (AvgIpc) is 3.07. The van der Waals surface area contributed by atoms with Crippen molar-refractivity contribution in [2.45, 2.75) is 31.4 Å². The number of aliphatic hydroxyl groups is 2. The third-order valence-corrected chi connectivity index (χ3v) is 4.51. The number of hydrogen-bond donors (Lipinski definition) is 4. The summed E-state index contributed by atoms with van der Waals surface area (Å²) in [5.41, 5.74) is 1.16. The molecule has 4 N–H and O–H groups in total. The summed E-state index contributed by atoms with van der Waals surface area (Å²) in [5.74, 6) is -1.21. The summed E-state index contributed by atoms with van der Waals surface area (Å²) < 4.78 is 20.7. The van der Waals surface area contributed by atoms with E-state index in [4.69, 9.17) is 22.1 Å². The van der Waals surface area contributed by atoms with Crippen LogP contribution < -0.4 is 22.0 Å². The van der Waals surface area contributed by atoms with Crippen LogP contribution in [0.25, 0.3) is 0 Å². The van der Waals surface area contributed by atoms with E-state index in [1.807, 2.05) is 30.3 Å². The number of halogens is 1. The Kier molecular flexibility index (Phi) is 6.19. The van der Waals surface area contributed by atoms with E-state index in [0.717, 1.165) is 10.1 Å². The van der Waals surface area contributed by atoms with Crippen LogP contribution >= 0.6 is 12.2 Å². The third-order valence-electron chi connectivity index (χ3n) is 4.28. The van der Waals surface area contributed by atoms with Crippen molar-refractivity contribution in [3.05, 3.63) is 68.7 Å². The Bertz CT molecular complexity index is 964. The number of rotatable bonds is 5. The molecule has 1 aromatic heterocycles. The molecule has 0 radical (unpaired) electrons. The quantitative estimate of drug-likeness (QED) is 0.483. The SMILES string of the molecule is O=c1c(F)cn([C@H]2C[C@H](O)[C@@H](CO)O2)c(=O)n1NC(=S)NCc1ccccc1. The fourth-order valence-corrected chi connectivity index (χ4v) is 2.98. The Morgan fingerprint density at radius 2 is 2.04 bits per heavy atom. The Morgan fingerprint density at radius 1 is 1.32 bits per heavy atom. The van der Waals surface area contributed by atoms with Crippen LogP contribution in [0.15, 0.2) is 46.1 Å². The number of benzene rings is 1. The first-order valence-corrected chi connectivity index (χ1v) is 8.88. The lowest BCUT2D eigenvalue weighted by Gasteiger charge is -2.17. The first kappa shape index (κ1) is 20.1. The van der Waals surface area contributed by atoms with Gasteiger partial charge in [0.2, 0.25) is 5.82 Å². The minimum atomic E-state index is -1.21. The highest BCUT2D eigenvalue weighted by Crippen LogP contribution is 2.27. The average molecular weight is 410 g/mol. The van der Waals surface area contributed by atoms with Crippen LogP contribution in [0.4, 0.5) is 4.39 Å². The highest BCUT2D eigenvalue weighted by atomic mass is 32.1. The molecule has 0 unspecified atom stereocenters. The first-order chi connectivity index (χ1) is 13.4. The molecule has 1 saturated heterocycles. The maximum Gasteiger partial charge on any atom is 0.352 e. The van der Waals surface area contributed by atoms with Gasteiger partial charge >= 0.3 is 11.2 Å². The molecule has 2 aromatic rings. The predicted molar refractivity (Wildman–Crippen MR) is 102 cm³/mol. The molecule has 1 fully saturated rings.